The van der Waals surface area contributed by atoms with Crippen molar-refractivity contribution in [3.05, 3.63) is 35.9 Å². The summed E-state index contributed by atoms with van der Waals surface area (Å²) in [4.78, 5) is 10.2. The number of hydrogen-bond acceptors (Lipinski definition) is 3. The van der Waals surface area contributed by atoms with Crippen LogP contribution in [-0.2, 0) is 10.2 Å². The third-order valence-electron chi connectivity index (χ3n) is 6.81. The average molecular weight is 401 g/mol. The van der Waals surface area contributed by atoms with Crippen molar-refractivity contribution in [3.63, 3.8) is 0 Å². The van der Waals surface area contributed by atoms with E-state index in [1.807, 2.05) is 0 Å². The molecule has 0 saturated carbocycles. The number of guanidine groups is 1. The maximum atomic E-state index is 5.50. The first-order chi connectivity index (χ1) is 14.2. The van der Waals surface area contributed by atoms with E-state index in [0.717, 1.165) is 77.2 Å². The van der Waals surface area contributed by atoms with Crippen molar-refractivity contribution in [2.45, 2.75) is 45.4 Å². The van der Waals surface area contributed by atoms with Crippen LogP contribution < -0.4 is 5.32 Å². The Bertz CT molecular complexity index is 623. The largest absolute Gasteiger partial charge is 0.379 e. The summed E-state index contributed by atoms with van der Waals surface area (Å²) in [6.07, 6.45) is 3.47. The highest BCUT2D eigenvalue weighted by Gasteiger charge is 2.30. The van der Waals surface area contributed by atoms with Crippen LogP contribution in [-0.4, -0.2) is 74.8 Å². The van der Waals surface area contributed by atoms with Gasteiger partial charge in [-0.25, -0.2) is 0 Å². The highest BCUT2D eigenvalue weighted by atomic mass is 16.5. The van der Waals surface area contributed by atoms with Gasteiger partial charge in [-0.15, -0.1) is 0 Å². The summed E-state index contributed by atoms with van der Waals surface area (Å²) in [6, 6.07) is 10.9. The number of ether oxygens (including phenoxy) is 1. The summed E-state index contributed by atoms with van der Waals surface area (Å²) >= 11 is 0. The molecule has 1 aromatic carbocycles. The zero-order valence-electron chi connectivity index (χ0n) is 18.7. The fraction of sp³-hybridized carbons (Fsp3) is 0.708. The van der Waals surface area contributed by atoms with E-state index in [1.165, 1.54) is 18.5 Å². The Morgan fingerprint density at radius 1 is 1.10 bits per heavy atom. The minimum Gasteiger partial charge on any atom is -0.379 e. The number of aliphatic imine (C=N–C) groups is 1. The molecular weight excluding hydrogens is 360 g/mol. The highest BCUT2D eigenvalue weighted by Crippen LogP contribution is 2.32. The maximum absolute atomic E-state index is 5.50. The van der Waals surface area contributed by atoms with Crippen LogP contribution >= 0.6 is 0 Å². The van der Waals surface area contributed by atoms with Crippen LogP contribution in [0.4, 0.5) is 0 Å². The Kier molecular flexibility index (Phi) is 8.37. The number of benzene rings is 1. The van der Waals surface area contributed by atoms with Crippen LogP contribution in [0.15, 0.2) is 35.3 Å². The van der Waals surface area contributed by atoms with Crippen molar-refractivity contribution in [2.75, 3.05) is 59.0 Å². The van der Waals surface area contributed by atoms with E-state index in [4.69, 9.17) is 9.73 Å². The first-order valence-corrected chi connectivity index (χ1v) is 11.6. The van der Waals surface area contributed by atoms with Gasteiger partial charge in [0.1, 0.15) is 0 Å². The minimum absolute atomic E-state index is 0.120. The van der Waals surface area contributed by atoms with Gasteiger partial charge in [0, 0.05) is 44.7 Å². The standard InChI is InChI=1S/C24H40N4O/c1-4-24(5-2,22-10-8-7-9-11-22)20-26-23(25-6-3)28-13-12-21(19-28)18-27-14-16-29-17-15-27/h7-11,21H,4-6,12-20H2,1-3H3,(H,25,26). The van der Waals surface area contributed by atoms with Gasteiger partial charge in [-0.1, -0.05) is 44.2 Å². The van der Waals surface area contributed by atoms with Crippen molar-refractivity contribution in [1.82, 2.24) is 15.1 Å². The van der Waals surface area contributed by atoms with Gasteiger partial charge in [-0.3, -0.25) is 9.89 Å². The zero-order valence-corrected chi connectivity index (χ0v) is 18.7. The van der Waals surface area contributed by atoms with E-state index in [1.54, 1.807) is 0 Å². The van der Waals surface area contributed by atoms with Gasteiger partial charge in [-0.05, 0) is 37.7 Å². The second-order valence-corrected chi connectivity index (χ2v) is 8.54. The molecule has 3 rings (SSSR count). The second kappa shape index (κ2) is 11.0. The summed E-state index contributed by atoms with van der Waals surface area (Å²) in [5.41, 5.74) is 1.53. The fourth-order valence-electron chi connectivity index (χ4n) is 4.74. The van der Waals surface area contributed by atoms with Crippen LogP contribution in [0.2, 0.25) is 0 Å². The van der Waals surface area contributed by atoms with Crippen LogP contribution in [0.5, 0.6) is 0 Å². The number of nitrogens with zero attached hydrogens (tertiary/aromatic N) is 3. The third kappa shape index (κ3) is 5.73. The predicted octanol–water partition coefficient (Wildman–Crippen LogP) is 3.36. The zero-order chi connectivity index (χ0) is 20.5. The predicted molar refractivity (Wildman–Crippen MR) is 122 cm³/mol. The Balaban J connectivity index is 1.66. The minimum atomic E-state index is 0.120. The van der Waals surface area contributed by atoms with Gasteiger partial charge < -0.3 is 15.0 Å². The van der Waals surface area contributed by atoms with Crippen molar-refractivity contribution >= 4 is 5.96 Å². The molecule has 0 bridgehead atoms. The topological polar surface area (TPSA) is 40.1 Å². The lowest BCUT2D eigenvalue weighted by atomic mass is 9.76. The third-order valence-corrected chi connectivity index (χ3v) is 6.81. The van der Waals surface area contributed by atoms with E-state index >= 15 is 0 Å². The molecule has 0 amide bonds. The van der Waals surface area contributed by atoms with Crippen molar-refractivity contribution in [2.24, 2.45) is 10.9 Å². The SMILES string of the molecule is CCNC(=NCC(CC)(CC)c1ccccc1)N1CCC(CN2CCOCC2)C1. The molecule has 0 spiro atoms. The lowest BCUT2D eigenvalue weighted by Gasteiger charge is -2.32. The van der Waals surface area contributed by atoms with Gasteiger partial charge in [0.15, 0.2) is 5.96 Å². The van der Waals surface area contributed by atoms with Crippen LogP contribution in [0, 0.1) is 5.92 Å². The summed E-state index contributed by atoms with van der Waals surface area (Å²) in [5, 5.41) is 3.56. The Labute approximate surface area is 177 Å². The molecule has 5 heteroatoms. The lowest BCUT2D eigenvalue weighted by molar-refractivity contribution is 0.0315. The summed E-state index contributed by atoms with van der Waals surface area (Å²) in [7, 11) is 0. The monoisotopic (exact) mass is 400 g/mol. The van der Waals surface area contributed by atoms with E-state index < -0.39 is 0 Å². The number of hydrogen-bond donors (Lipinski definition) is 1. The molecule has 2 aliphatic rings. The van der Waals surface area contributed by atoms with Gasteiger partial charge in [0.05, 0.1) is 19.8 Å². The molecular formula is C24H40N4O. The van der Waals surface area contributed by atoms with E-state index in [-0.39, 0.29) is 5.41 Å². The van der Waals surface area contributed by atoms with E-state index in [2.05, 4.69) is 66.2 Å². The molecule has 2 fully saturated rings. The molecule has 0 radical (unpaired) electrons. The molecule has 1 atom stereocenters. The summed E-state index contributed by atoms with van der Waals surface area (Å²) < 4.78 is 5.50. The lowest BCUT2D eigenvalue weighted by Crippen LogP contribution is -2.43. The van der Waals surface area contributed by atoms with E-state index in [0.29, 0.717) is 0 Å². The Hall–Kier alpha value is -1.59. The smallest absolute Gasteiger partial charge is 0.193 e. The molecule has 1 unspecified atom stereocenters. The molecule has 162 valence electrons. The van der Waals surface area contributed by atoms with Gasteiger partial charge in [0.2, 0.25) is 0 Å². The maximum Gasteiger partial charge on any atom is 0.193 e. The van der Waals surface area contributed by atoms with Crippen LogP contribution in [0.25, 0.3) is 0 Å². The average Bonchev–Trinajstić information content (AvgIpc) is 3.23. The first kappa shape index (κ1) is 22.1. The molecule has 2 saturated heterocycles. The molecule has 1 aromatic rings. The Morgan fingerprint density at radius 3 is 2.48 bits per heavy atom. The summed E-state index contributed by atoms with van der Waals surface area (Å²) in [5.74, 6) is 1.83. The molecule has 1 N–H and O–H groups in total. The molecule has 5 nitrogen and oxygen atoms in total. The molecule has 0 aliphatic carbocycles. The number of nitrogens with one attached hydrogen (secondary N) is 1. The molecule has 29 heavy (non-hydrogen) atoms. The van der Waals surface area contributed by atoms with Gasteiger partial charge >= 0.3 is 0 Å². The summed E-state index contributed by atoms with van der Waals surface area (Å²) in [6.45, 7) is 15.9. The second-order valence-electron chi connectivity index (χ2n) is 8.54. The van der Waals surface area contributed by atoms with Crippen molar-refractivity contribution in [3.8, 4) is 0 Å². The quantitative estimate of drug-likeness (QED) is 0.537. The van der Waals surface area contributed by atoms with Crippen molar-refractivity contribution in [1.29, 1.82) is 0 Å². The molecule has 2 aliphatic heterocycles. The first-order valence-electron chi connectivity index (χ1n) is 11.6. The number of rotatable bonds is 8. The number of morpholine rings is 1. The molecule has 2 heterocycles. The number of likely N-dealkylation sites (tertiary alicyclic amines) is 1. The van der Waals surface area contributed by atoms with E-state index in [9.17, 15) is 0 Å². The van der Waals surface area contributed by atoms with Crippen LogP contribution in [0.3, 0.4) is 0 Å². The Morgan fingerprint density at radius 2 is 1.83 bits per heavy atom. The normalized spacial score (nSPS) is 21.6. The van der Waals surface area contributed by atoms with Crippen molar-refractivity contribution < 1.29 is 4.74 Å². The van der Waals surface area contributed by atoms with Gasteiger partial charge in [0.25, 0.3) is 0 Å². The van der Waals surface area contributed by atoms with Crippen LogP contribution in [0.1, 0.15) is 45.6 Å². The van der Waals surface area contributed by atoms with Gasteiger partial charge in [-0.2, -0.15) is 0 Å². The molecule has 0 aromatic heterocycles. The highest BCUT2D eigenvalue weighted by molar-refractivity contribution is 5.80. The fourth-order valence-corrected chi connectivity index (χ4v) is 4.74.